The average Bonchev–Trinajstić information content (AvgIpc) is 2.25. The van der Waals surface area contributed by atoms with Crippen LogP contribution >= 0.6 is 0 Å². The maximum Gasteiger partial charge on any atom is 0.195 e. The Labute approximate surface area is 97.8 Å². The maximum absolute atomic E-state index is 12.0. The molecule has 4 heteroatoms. The molecule has 0 atom stereocenters. The number of hydrogen-bond acceptors (Lipinski definition) is 3. The van der Waals surface area contributed by atoms with Crippen molar-refractivity contribution in [1.82, 2.24) is 4.98 Å². The number of sulfone groups is 1. The van der Waals surface area contributed by atoms with E-state index in [9.17, 15) is 8.42 Å². The summed E-state index contributed by atoms with van der Waals surface area (Å²) in [5.74, 6) is 0.213. The van der Waals surface area contributed by atoms with Crippen molar-refractivity contribution in [2.45, 2.75) is 44.6 Å². The van der Waals surface area contributed by atoms with E-state index in [0.717, 1.165) is 31.2 Å². The highest BCUT2D eigenvalue weighted by Crippen LogP contribution is 2.14. The predicted octanol–water partition coefficient (Wildman–Crippen LogP) is 2.74. The Bertz CT molecular complexity index is 426. The molecule has 3 nitrogen and oxygen atoms in total. The monoisotopic (exact) mass is 241 g/mol. The highest BCUT2D eigenvalue weighted by Gasteiger charge is 2.17. The van der Waals surface area contributed by atoms with Crippen molar-refractivity contribution in [3.8, 4) is 0 Å². The van der Waals surface area contributed by atoms with Crippen LogP contribution in [0.2, 0.25) is 0 Å². The van der Waals surface area contributed by atoms with E-state index in [1.807, 2.05) is 0 Å². The van der Waals surface area contributed by atoms with Crippen LogP contribution < -0.4 is 0 Å². The minimum Gasteiger partial charge on any atom is -0.244 e. The van der Waals surface area contributed by atoms with Crippen LogP contribution in [0.5, 0.6) is 0 Å². The summed E-state index contributed by atoms with van der Waals surface area (Å²) >= 11 is 0. The van der Waals surface area contributed by atoms with Gasteiger partial charge in [-0.2, -0.15) is 0 Å². The summed E-state index contributed by atoms with van der Waals surface area (Å²) < 4.78 is 23.9. The van der Waals surface area contributed by atoms with Gasteiger partial charge in [-0.1, -0.05) is 32.3 Å². The van der Waals surface area contributed by atoms with E-state index >= 15 is 0 Å². The van der Waals surface area contributed by atoms with Gasteiger partial charge in [-0.15, -0.1) is 0 Å². The topological polar surface area (TPSA) is 47.0 Å². The zero-order chi connectivity index (χ0) is 12.0. The highest BCUT2D eigenvalue weighted by molar-refractivity contribution is 7.91. The lowest BCUT2D eigenvalue weighted by atomic mass is 10.2. The van der Waals surface area contributed by atoms with Crippen LogP contribution in [-0.2, 0) is 9.84 Å². The molecule has 0 saturated heterocycles. The first kappa shape index (κ1) is 13.2. The third kappa shape index (κ3) is 3.59. The molecule has 0 fully saturated rings. The van der Waals surface area contributed by atoms with Crippen LogP contribution in [-0.4, -0.2) is 19.2 Å². The molecule has 0 spiro atoms. The Balaban J connectivity index is 2.68. The highest BCUT2D eigenvalue weighted by atomic mass is 32.2. The molecule has 90 valence electrons. The van der Waals surface area contributed by atoms with E-state index in [-0.39, 0.29) is 10.8 Å². The molecular weight excluding hydrogens is 222 g/mol. The van der Waals surface area contributed by atoms with Gasteiger partial charge in [0.15, 0.2) is 14.9 Å². The fourth-order valence-corrected chi connectivity index (χ4v) is 3.17. The Morgan fingerprint density at radius 1 is 1.25 bits per heavy atom. The van der Waals surface area contributed by atoms with Gasteiger partial charge in [0.25, 0.3) is 0 Å². The molecule has 0 N–H and O–H groups in total. The minimum absolute atomic E-state index is 0.213. The molecule has 0 radical (unpaired) electrons. The molecule has 1 rings (SSSR count). The molecule has 0 aliphatic carbocycles. The Morgan fingerprint density at radius 2 is 2.00 bits per heavy atom. The fraction of sp³-hybridized carbons (Fsp3) is 0.583. The van der Waals surface area contributed by atoms with Crippen molar-refractivity contribution in [2.24, 2.45) is 0 Å². The standard InChI is InChI=1S/C12H19NO2S/c1-3-4-5-6-10-16(14,15)12-11(2)8-7-9-13-12/h7-9H,3-6,10H2,1-2H3. The zero-order valence-corrected chi connectivity index (χ0v) is 10.8. The summed E-state index contributed by atoms with van der Waals surface area (Å²) in [5, 5.41) is 0.242. The summed E-state index contributed by atoms with van der Waals surface area (Å²) in [4.78, 5) is 3.96. The van der Waals surface area contributed by atoms with Crippen molar-refractivity contribution in [3.05, 3.63) is 23.9 Å². The first-order chi connectivity index (χ1) is 7.58. The van der Waals surface area contributed by atoms with E-state index in [1.54, 1.807) is 19.1 Å². The van der Waals surface area contributed by atoms with E-state index in [0.29, 0.717) is 0 Å². The first-order valence-corrected chi connectivity index (χ1v) is 7.37. The van der Waals surface area contributed by atoms with E-state index in [1.165, 1.54) is 6.20 Å². The molecule has 1 heterocycles. The van der Waals surface area contributed by atoms with Gasteiger partial charge in [0.2, 0.25) is 0 Å². The number of unbranched alkanes of at least 4 members (excludes halogenated alkanes) is 3. The smallest absolute Gasteiger partial charge is 0.195 e. The van der Waals surface area contributed by atoms with Gasteiger partial charge in [-0.25, -0.2) is 13.4 Å². The second kappa shape index (κ2) is 5.99. The molecule has 1 aromatic heterocycles. The van der Waals surface area contributed by atoms with Gasteiger partial charge in [0.1, 0.15) is 0 Å². The largest absolute Gasteiger partial charge is 0.244 e. The normalized spacial score (nSPS) is 11.6. The van der Waals surface area contributed by atoms with Crippen molar-refractivity contribution >= 4 is 9.84 Å². The van der Waals surface area contributed by atoms with Gasteiger partial charge >= 0.3 is 0 Å². The third-order valence-electron chi connectivity index (χ3n) is 2.52. The lowest BCUT2D eigenvalue weighted by molar-refractivity contribution is 0.584. The summed E-state index contributed by atoms with van der Waals surface area (Å²) in [6.07, 6.45) is 5.44. The van der Waals surface area contributed by atoms with Crippen LogP contribution in [0.1, 0.15) is 38.2 Å². The maximum atomic E-state index is 12.0. The Hall–Kier alpha value is -0.900. The van der Waals surface area contributed by atoms with E-state index in [2.05, 4.69) is 11.9 Å². The number of rotatable bonds is 6. The van der Waals surface area contributed by atoms with E-state index in [4.69, 9.17) is 0 Å². The summed E-state index contributed by atoms with van der Waals surface area (Å²) in [6.45, 7) is 3.89. The van der Waals surface area contributed by atoms with Gasteiger partial charge in [-0.05, 0) is 25.0 Å². The van der Waals surface area contributed by atoms with Crippen LogP contribution in [0.3, 0.4) is 0 Å². The number of aryl methyl sites for hydroxylation is 1. The van der Waals surface area contributed by atoms with E-state index < -0.39 is 9.84 Å². The summed E-state index contributed by atoms with van der Waals surface area (Å²) in [7, 11) is -3.18. The molecular formula is C12H19NO2S. The molecule has 0 unspecified atom stereocenters. The van der Waals surface area contributed by atoms with Crippen molar-refractivity contribution in [1.29, 1.82) is 0 Å². The summed E-state index contributed by atoms with van der Waals surface area (Å²) in [6, 6.07) is 3.54. The predicted molar refractivity (Wildman–Crippen MR) is 65.2 cm³/mol. The molecule has 0 aromatic carbocycles. The molecule has 0 aliphatic heterocycles. The molecule has 1 aromatic rings. The van der Waals surface area contributed by atoms with Crippen LogP contribution in [0, 0.1) is 6.92 Å². The fourth-order valence-electron chi connectivity index (χ4n) is 1.61. The minimum atomic E-state index is -3.18. The molecule has 0 bridgehead atoms. The van der Waals surface area contributed by atoms with Crippen molar-refractivity contribution in [3.63, 3.8) is 0 Å². The summed E-state index contributed by atoms with van der Waals surface area (Å²) in [5.41, 5.74) is 0.734. The van der Waals surface area contributed by atoms with Gasteiger partial charge in [-0.3, -0.25) is 0 Å². The van der Waals surface area contributed by atoms with Gasteiger partial charge < -0.3 is 0 Å². The van der Waals surface area contributed by atoms with Crippen LogP contribution in [0.4, 0.5) is 0 Å². The lowest BCUT2D eigenvalue weighted by Gasteiger charge is -2.05. The van der Waals surface area contributed by atoms with Gasteiger partial charge in [0.05, 0.1) is 5.75 Å². The second-order valence-corrected chi connectivity index (χ2v) is 6.03. The second-order valence-electron chi connectivity index (χ2n) is 4.00. The third-order valence-corrected chi connectivity index (χ3v) is 4.37. The first-order valence-electron chi connectivity index (χ1n) is 5.72. The van der Waals surface area contributed by atoms with Crippen LogP contribution in [0.25, 0.3) is 0 Å². The Morgan fingerprint density at radius 3 is 2.62 bits per heavy atom. The Kier molecular flexibility index (Phi) is 4.93. The molecule has 0 amide bonds. The van der Waals surface area contributed by atoms with Crippen molar-refractivity contribution in [2.75, 3.05) is 5.75 Å². The molecule has 16 heavy (non-hydrogen) atoms. The number of nitrogens with zero attached hydrogens (tertiary/aromatic N) is 1. The van der Waals surface area contributed by atoms with Crippen LogP contribution in [0.15, 0.2) is 23.4 Å². The lowest BCUT2D eigenvalue weighted by Crippen LogP contribution is -2.10. The SMILES string of the molecule is CCCCCCS(=O)(=O)c1ncccc1C. The number of aromatic nitrogens is 1. The number of pyridine rings is 1. The zero-order valence-electron chi connectivity index (χ0n) is 9.94. The quantitative estimate of drug-likeness (QED) is 0.719. The van der Waals surface area contributed by atoms with Crippen molar-refractivity contribution < 1.29 is 8.42 Å². The van der Waals surface area contributed by atoms with Gasteiger partial charge in [0, 0.05) is 6.20 Å². The molecule has 0 aliphatic rings. The molecule has 0 saturated carbocycles. The average molecular weight is 241 g/mol. The number of hydrogen-bond donors (Lipinski definition) is 0.